The minimum Gasteiger partial charge on any atom is -0.480 e. The second kappa shape index (κ2) is 5.65. The Hall–Kier alpha value is -1.59. The molecule has 1 aliphatic rings. The van der Waals surface area contributed by atoms with Gasteiger partial charge < -0.3 is 15.3 Å². The van der Waals surface area contributed by atoms with Crippen molar-refractivity contribution >= 4 is 17.8 Å². The zero-order valence-corrected chi connectivity index (χ0v) is 10.1. The van der Waals surface area contributed by atoms with Crippen molar-refractivity contribution < 1.29 is 19.5 Å². The second-order valence-electron chi connectivity index (χ2n) is 4.32. The molecule has 2 amide bonds. The second-order valence-corrected chi connectivity index (χ2v) is 4.32. The highest BCUT2D eigenvalue weighted by atomic mass is 16.4. The van der Waals surface area contributed by atoms with E-state index >= 15 is 0 Å². The molecule has 6 nitrogen and oxygen atoms in total. The highest BCUT2D eigenvalue weighted by molar-refractivity contribution is 5.90. The molecule has 1 rings (SSSR count). The molecule has 2 N–H and O–H groups in total. The lowest BCUT2D eigenvalue weighted by Crippen LogP contribution is -2.45. The molecule has 1 fully saturated rings. The maximum atomic E-state index is 12.1. The molecule has 0 unspecified atom stereocenters. The Morgan fingerprint density at radius 2 is 2.24 bits per heavy atom. The SMILES string of the molecule is CC[C@@H](C)N(CC(=O)O)C(=O)[C@@H]1CNC(=O)C1. The largest absolute Gasteiger partial charge is 0.480 e. The molecule has 17 heavy (non-hydrogen) atoms. The summed E-state index contributed by atoms with van der Waals surface area (Å²) in [5, 5.41) is 11.4. The Morgan fingerprint density at radius 3 is 2.65 bits per heavy atom. The van der Waals surface area contributed by atoms with Crippen LogP contribution in [0.15, 0.2) is 0 Å². The van der Waals surface area contributed by atoms with Crippen molar-refractivity contribution in [1.29, 1.82) is 0 Å². The van der Waals surface area contributed by atoms with Crippen LogP contribution in [0.5, 0.6) is 0 Å². The number of hydrogen-bond donors (Lipinski definition) is 2. The molecular weight excluding hydrogens is 224 g/mol. The van der Waals surface area contributed by atoms with E-state index in [0.717, 1.165) is 0 Å². The van der Waals surface area contributed by atoms with Gasteiger partial charge in [-0.2, -0.15) is 0 Å². The standard InChI is InChI=1S/C11H18N2O4/c1-3-7(2)13(6-10(15)16)11(17)8-4-9(14)12-5-8/h7-8H,3-6H2,1-2H3,(H,12,14)(H,15,16)/t7-,8+/m1/s1. The van der Waals surface area contributed by atoms with Gasteiger partial charge in [0.15, 0.2) is 0 Å². The number of carbonyl (C=O) groups is 3. The van der Waals surface area contributed by atoms with Gasteiger partial charge in [-0.15, -0.1) is 0 Å². The van der Waals surface area contributed by atoms with Gasteiger partial charge in [0.05, 0.1) is 5.92 Å². The fourth-order valence-electron chi connectivity index (χ4n) is 1.83. The third-order valence-electron chi connectivity index (χ3n) is 3.04. The number of amides is 2. The fourth-order valence-corrected chi connectivity index (χ4v) is 1.83. The monoisotopic (exact) mass is 242 g/mol. The third kappa shape index (κ3) is 3.44. The number of carboxylic acids is 1. The molecule has 1 aliphatic heterocycles. The molecule has 96 valence electrons. The average molecular weight is 242 g/mol. The van der Waals surface area contributed by atoms with E-state index in [2.05, 4.69) is 5.32 Å². The van der Waals surface area contributed by atoms with E-state index in [-0.39, 0.29) is 30.8 Å². The lowest BCUT2D eigenvalue weighted by Gasteiger charge is -2.28. The molecule has 0 saturated carbocycles. The maximum absolute atomic E-state index is 12.1. The normalized spacial score (nSPS) is 20.8. The third-order valence-corrected chi connectivity index (χ3v) is 3.04. The van der Waals surface area contributed by atoms with Crippen LogP contribution in [0.3, 0.4) is 0 Å². The maximum Gasteiger partial charge on any atom is 0.323 e. The summed E-state index contributed by atoms with van der Waals surface area (Å²) in [5.74, 6) is -1.85. The number of carbonyl (C=O) groups excluding carboxylic acids is 2. The number of carboxylic acid groups (broad SMARTS) is 1. The van der Waals surface area contributed by atoms with E-state index in [0.29, 0.717) is 13.0 Å². The first-order valence-electron chi connectivity index (χ1n) is 5.74. The molecule has 6 heteroatoms. The van der Waals surface area contributed by atoms with Gasteiger partial charge in [-0.25, -0.2) is 0 Å². The summed E-state index contributed by atoms with van der Waals surface area (Å²) in [5.41, 5.74) is 0. The van der Waals surface area contributed by atoms with E-state index in [1.807, 2.05) is 13.8 Å². The zero-order chi connectivity index (χ0) is 13.0. The number of rotatable bonds is 5. The number of nitrogens with zero attached hydrogens (tertiary/aromatic N) is 1. The Bertz CT molecular complexity index is 329. The zero-order valence-electron chi connectivity index (χ0n) is 10.1. The highest BCUT2D eigenvalue weighted by Crippen LogP contribution is 2.15. The van der Waals surface area contributed by atoms with Crippen LogP contribution in [-0.2, 0) is 14.4 Å². The van der Waals surface area contributed by atoms with Gasteiger partial charge in [0.1, 0.15) is 6.54 Å². The summed E-state index contributed by atoms with van der Waals surface area (Å²) < 4.78 is 0. The van der Waals surface area contributed by atoms with Gasteiger partial charge in [-0.1, -0.05) is 6.92 Å². The Kier molecular flexibility index (Phi) is 4.48. The van der Waals surface area contributed by atoms with Crippen molar-refractivity contribution in [2.24, 2.45) is 5.92 Å². The first-order chi connectivity index (χ1) is 7.95. The predicted octanol–water partition coefficient (Wildman–Crippen LogP) is -0.166. The molecule has 0 aromatic heterocycles. The van der Waals surface area contributed by atoms with Crippen LogP contribution in [0.1, 0.15) is 26.7 Å². The Morgan fingerprint density at radius 1 is 1.59 bits per heavy atom. The molecule has 0 aromatic rings. The van der Waals surface area contributed by atoms with Crippen LogP contribution in [-0.4, -0.2) is 46.9 Å². The Balaban J connectivity index is 2.71. The van der Waals surface area contributed by atoms with Gasteiger partial charge in [0.2, 0.25) is 11.8 Å². The minimum atomic E-state index is -1.03. The van der Waals surface area contributed by atoms with Crippen molar-refractivity contribution in [3.8, 4) is 0 Å². The van der Waals surface area contributed by atoms with E-state index in [1.165, 1.54) is 4.90 Å². The molecule has 0 aromatic carbocycles. The molecule has 0 aliphatic carbocycles. The topological polar surface area (TPSA) is 86.7 Å². The molecular formula is C11H18N2O4. The van der Waals surface area contributed by atoms with Crippen molar-refractivity contribution in [2.45, 2.75) is 32.7 Å². The Labute approximate surface area is 100.0 Å². The molecule has 1 saturated heterocycles. The predicted molar refractivity (Wildman–Crippen MR) is 60.2 cm³/mol. The van der Waals surface area contributed by atoms with Gasteiger partial charge in [-0.05, 0) is 13.3 Å². The molecule has 0 radical (unpaired) electrons. The molecule has 2 atom stereocenters. The van der Waals surface area contributed by atoms with Crippen molar-refractivity contribution in [3.63, 3.8) is 0 Å². The van der Waals surface area contributed by atoms with E-state index in [1.54, 1.807) is 0 Å². The lowest BCUT2D eigenvalue weighted by molar-refractivity contribution is -0.148. The number of nitrogens with one attached hydrogen (secondary N) is 1. The summed E-state index contributed by atoms with van der Waals surface area (Å²) in [6.07, 6.45) is 0.846. The average Bonchev–Trinajstić information content (AvgIpc) is 2.70. The number of aliphatic carboxylic acids is 1. The molecule has 1 heterocycles. The first kappa shape index (κ1) is 13.5. The van der Waals surface area contributed by atoms with Crippen LogP contribution >= 0.6 is 0 Å². The van der Waals surface area contributed by atoms with E-state index in [4.69, 9.17) is 5.11 Å². The van der Waals surface area contributed by atoms with E-state index in [9.17, 15) is 14.4 Å². The fraction of sp³-hybridized carbons (Fsp3) is 0.727. The summed E-state index contributed by atoms with van der Waals surface area (Å²) in [7, 11) is 0. The van der Waals surface area contributed by atoms with Crippen molar-refractivity contribution in [2.75, 3.05) is 13.1 Å². The van der Waals surface area contributed by atoms with Gasteiger partial charge in [-0.3, -0.25) is 14.4 Å². The van der Waals surface area contributed by atoms with Crippen LogP contribution in [0.25, 0.3) is 0 Å². The van der Waals surface area contributed by atoms with Gasteiger partial charge >= 0.3 is 5.97 Å². The lowest BCUT2D eigenvalue weighted by atomic mass is 10.1. The highest BCUT2D eigenvalue weighted by Gasteiger charge is 2.33. The van der Waals surface area contributed by atoms with Gasteiger partial charge in [0.25, 0.3) is 0 Å². The van der Waals surface area contributed by atoms with Crippen LogP contribution in [0.4, 0.5) is 0 Å². The summed E-state index contributed by atoms with van der Waals surface area (Å²) >= 11 is 0. The number of hydrogen-bond acceptors (Lipinski definition) is 3. The molecule has 0 bridgehead atoms. The van der Waals surface area contributed by atoms with Crippen LogP contribution in [0.2, 0.25) is 0 Å². The van der Waals surface area contributed by atoms with Crippen molar-refractivity contribution in [3.05, 3.63) is 0 Å². The molecule has 0 spiro atoms. The van der Waals surface area contributed by atoms with E-state index < -0.39 is 11.9 Å². The van der Waals surface area contributed by atoms with Gasteiger partial charge in [0, 0.05) is 19.0 Å². The van der Waals surface area contributed by atoms with Crippen LogP contribution in [0, 0.1) is 5.92 Å². The minimum absolute atomic E-state index is 0.130. The summed E-state index contributed by atoms with van der Waals surface area (Å²) in [6.45, 7) is 3.71. The smallest absolute Gasteiger partial charge is 0.323 e. The van der Waals surface area contributed by atoms with Crippen LogP contribution < -0.4 is 5.32 Å². The summed E-state index contributed by atoms with van der Waals surface area (Å²) in [6, 6.07) is -0.130. The summed E-state index contributed by atoms with van der Waals surface area (Å²) in [4.78, 5) is 35.2. The quantitative estimate of drug-likeness (QED) is 0.701. The van der Waals surface area contributed by atoms with Crippen molar-refractivity contribution in [1.82, 2.24) is 10.2 Å². The first-order valence-corrected chi connectivity index (χ1v) is 5.74.